The van der Waals surface area contributed by atoms with Crippen LogP contribution in [0.1, 0.15) is 53.3 Å². The minimum Gasteiger partial charge on any atom is -0.345 e. The first-order chi connectivity index (χ1) is 21.3. The number of aliphatic imine (C=N–C) groups is 1. The van der Waals surface area contributed by atoms with E-state index in [1.807, 2.05) is 6.20 Å². The predicted octanol–water partition coefficient (Wildman–Crippen LogP) is 9.59. The highest BCUT2D eigenvalue weighted by atomic mass is 15.2. The highest BCUT2D eigenvalue weighted by molar-refractivity contribution is 6.02. The van der Waals surface area contributed by atoms with Gasteiger partial charge in [0.05, 0.1) is 17.3 Å². The average Bonchev–Trinajstić information content (AvgIpc) is 3.43. The van der Waals surface area contributed by atoms with Gasteiger partial charge in [-0.15, -0.1) is 0 Å². The van der Waals surface area contributed by atoms with E-state index in [0.29, 0.717) is 0 Å². The number of allylic oxidation sites excluding steroid dienone is 5. The van der Waals surface area contributed by atoms with Gasteiger partial charge in [-0.25, -0.2) is 4.99 Å². The lowest BCUT2D eigenvalue weighted by Gasteiger charge is -2.24. The number of benzene rings is 4. The first-order valence-electron chi connectivity index (χ1n) is 15.3. The monoisotopic (exact) mass is 555 g/mol. The number of nitrogens with one attached hydrogen (secondary N) is 1. The molecule has 3 nitrogen and oxygen atoms in total. The van der Waals surface area contributed by atoms with Crippen molar-refractivity contribution in [1.82, 2.24) is 9.88 Å². The molecule has 0 spiro atoms. The molecule has 1 atom stereocenters. The zero-order valence-electron chi connectivity index (χ0n) is 24.1. The van der Waals surface area contributed by atoms with E-state index in [-0.39, 0.29) is 6.04 Å². The maximum Gasteiger partial charge on any atom is 0.208 e. The summed E-state index contributed by atoms with van der Waals surface area (Å²) < 4.78 is 2.32. The van der Waals surface area contributed by atoms with E-state index in [4.69, 9.17) is 4.99 Å². The third-order valence-electron chi connectivity index (χ3n) is 8.94. The van der Waals surface area contributed by atoms with Crippen LogP contribution in [0.2, 0.25) is 0 Å². The van der Waals surface area contributed by atoms with E-state index in [9.17, 15) is 0 Å². The zero-order valence-corrected chi connectivity index (χ0v) is 24.1. The summed E-state index contributed by atoms with van der Waals surface area (Å²) >= 11 is 0. The van der Waals surface area contributed by atoms with Crippen molar-refractivity contribution in [2.75, 3.05) is 0 Å². The van der Waals surface area contributed by atoms with Gasteiger partial charge in [-0.2, -0.15) is 0 Å². The summed E-state index contributed by atoms with van der Waals surface area (Å²) in [5.74, 6) is 0.861. The molecule has 1 aromatic heterocycles. The number of fused-ring (bicyclic) bond motifs is 3. The molecule has 8 rings (SSSR count). The lowest BCUT2D eigenvalue weighted by Crippen LogP contribution is -2.35. The third kappa shape index (κ3) is 4.77. The number of aryl methyl sites for hydroxylation is 1. The molecule has 3 aliphatic rings. The van der Waals surface area contributed by atoms with E-state index in [0.717, 1.165) is 31.6 Å². The Bertz CT molecular complexity index is 1980. The highest BCUT2D eigenvalue weighted by Gasteiger charge is 2.25. The Hall–Kier alpha value is -5.15. The largest absolute Gasteiger partial charge is 0.345 e. The molecule has 2 aliphatic carbocycles. The van der Waals surface area contributed by atoms with Crippen molar-refractivity contribution in [1.29, 1.82) is 0 Å². The van der Waals surface area contributed by atoms with Gasteiger partial charge in [0.2, 0.25) is 5.96 Å². The third-order valence-corrected chi connectivity index (χ3v) is 8.94. The molecule has 2 heterocycles. The number of hydrogen-bond acceptors (Lipinski definition) is 2. The minimum absolute atomic E-state index is 0.0175. The van der Waals surface area contributed by atoms with E-state index < -0.39 is 0 Å². The Labute approximate surface area is 252 Å². The van der Waals surface area contributed by atoms with Crippen LogP contribution in [0.3, 0.4) is 0 Å². The molecule has 0 radical (unpaired) electrons. The van der Waals surface area contributed by atoms with Crippen LogP contribution in [0.15, 0.2) is 139 Å². The van der Waals surface area contributed by atoms with Crippen LogP contribution in [-0.2, 0) is 6.42 Å². The van der Waals surface area contributed by atoms with E-state index in [1.165, 1.54) is 61.1 Å². The van der Waals surface area contributed by atoms with E-state index in [1.54, 1.807) is 0 Å². The Balaban J connectivity index is 1.12. The van der Waals surface area contributed by atoms with Gasteiger partial charge < -0.3 is 5.32 Å². The lowest BCUT2D eigenvalue weighted by atomic mass is 9.91. The van der Waals surface area contributed by atoms with Gasteiger partial charge in [0.1, 0.15) is 0 Å². The van der Waals surface area contributed by atoms with Crippen LogP contribution in [0.5, 0.6) is 0 Å². The quantitative estimate of drug-likeness (QED) is 0.235. The first kappa shape index (κ1) is 25.6. The van der Waals surface area contributed by atoms with Crippen molar-refractivity contribution in [2.24, 2.45) is 4.99 Å². The molecule has 0 amide bonds. The van der Waals surface area contributed by atoms with Crippen LogP contribution in [0.4, 0.5) is 0 Å². The average molecular weight is 556 g/mol. The number of hydrogen-bond donors (Lipinski definition) is 1. The topological polar surface area (TPSA) is 29.3 Å². The molecule has 0 saturated heterocycles. The maximum atomic E-state index is 4.89. The molecule has 0 fully saturated rings. The van der Waals surface area contributed by atoms with Crippen LogP contribution < -0.4 is 5.32 Å². The second-order valence-corrected chi connectivity index (χ2v) is 11.5. The van der Waals surface area contributed by atoms with Gasteiger partial charge in [-0.1, -0.05) is 109 Å². The van der Waals surface area contributed by atoms with Crippen LogP contribution in [0, 0.1) is 0 Å². The molecule has 1 aliphatic heterocycles. The molecular formula is C40H33N3. The molecule has 208 valence electrons. The summed E-state index contributed by atoms with van der Waals surface area (Å²) in [7, 11) is 0. The summed E-state index contributed by atoms with van der Waals surface area (Å²) in [6.45, 7) is 0. The van der Waals surface area contributed by atoms with Gasteiger partial charge in [-0.3, -0.25) is 4.57 Å². The molecule has 1 unspecified atom stereocenters. The lowest BCUT2D eigenvalue weighted by molar-refractivity contribution is 0.751. The molecule has 0 bridgehead atoms. The standard InChI is InChI=1S/C40H33N3/c1-3-10-28(11-4-1)30-18-20-31(21-19-30)32-14-9-15-34(26-32)37-24-25-41-40(42-37)43-38-17-8-7-16-35(38)36-23-22-33(27-39(36)43)29-12-5-2-6-13-29/h1-3,5-10,12-21,24-27,37H,4,11,22-23H2,(H,41,42). The van der Waals surface area contributed by atoms with Gasteiger partial charge in [0.25, 0.3) is 0 Å². The fraction of sp³-hybridized carbons (Fsp3) is 0.125. The Morgan fingerprint density at radius 1 is 0.698 bits per heavy atom. The molecule has 43 heavy (non-hydrogen) atoms. The fourth-order valence-electron chi connectivity index (χ4n) is 6.72. The SMILES string of the molecule is C1=CCCC(c2ccc(-c3cccc(C4C=CN=C(n5c6c(c7ccccc75)CCC(c5ccccc5)=C6)N4)c3)cc2)=C1. The Kier molecular flexibility index (Phi) is 6.49. The van der Waals surface area contributed by atoms with Crippen LogP contribution in [-0.4, -0.2) is 10.5 Å². The number of para-hydroxylation sites is 1. The number of nitrogens with zero attached hydrogens (tertiary/aromatic N) is 2. The molecule has 5 aromatic rings. The maximum absolute atomic E-state index is 4.89. The summed E-state index contributed by atoms with van der Waals surface area (Å²) in [5.41, 5.74) is 12.9. The normalized spacial score (nSPS) is 17.6. The van der Waals surface area contributed by atoms with Gasteiger partial charge in [0.15, 0.2) is 0 Å². The van der Waals surface area contributed by atoms with E-state index in [2.05, 4.69) is 143 Å². The van der Waals surface area contributed by atoms with Crippen LogP contribution >= 0.6 is 0 Å². The molecule has 0 saturated carbocycles. The molecule has 1 N–H and O–H groups in total. The summed E-state index contributed by atoms with van der Waals surface area (Å²) in [4.78, 5) is 4.89. The Morgan fingerprint density at radius 3 is 2.35 bits per heavy atom. The highest BCUT2D eigenvalue weighted by Crippen LogP contribution is 2.37. The second kappa shape index (κ2) is 10.9. The number of aromatic nitrogens is 1. The van der Waals surface area contributed by atoms with Crippen molar-refractivity contribution in [3.8, 4) is 11.1 Å². The first-order valence-corrected chi connectivity index (χ1v) is 15.3. The molecular weight excluding hydrogens is 522 g/mol. The van der Waals surface area contributed by atoms with Crippen molar-refractivity contribution < 1.29 is 0 Å². The van der Waals surface area contributed by atoms with Crippen molar-refractivity contribution in [2.45, 2.75) is 31.7 Å². The summed E-state index contributed by atoms with van der Waals surface area (Å²) in [6.07, 6.45) is 17.4. The van der Waals surface area contributed by atoms with Crippen molar-refractivity contribution in [3.63, 3.8) is 0 Å². The van der Waals surface area contributed by atoms with Gasteiger partial charge in [-0.05, 0) is 94.5 Å². The molecule has 3 heteroatoms. The fourth-order valence-corrected chi connectivity index (χ4v) is 6.72. The second-order valence-electron chi connectivity index (χ2n) is 11.5. The summed E-state index contributed by atoms with van der Waals surface area (Å²) in [6, 6.07) is 37.4. The zero-order chi connectivity index (χ0) is 28.6. The summed E-state index contributed by atoms with van der Waals surface area (Å²) in [5, 5.41) is 5.09. The van der Waals surface area contributed by atoms with Crippen LogP contribution in [0.25, 0.3) is 39.3 Å². The van der Waals surface area contributed by atoms with Gasteiger partial charge >= 0.3 is 0 Å². The van der Waals surface area contributed by atoms with Crippen molar-refractivity contribution in [3.05, 3.63) is 162 Å². The smallest absolute Gasteiger partial charge is 0.208 e. The molecule has 4 aromatic carbocycles. The van der Waals surface area contributed by atoms with Crippen molar-refractivity contribution >= 4 is 34.1 Å². The predicted molar refractivity (Wildman–Crippen MR) is 181 cm³/mol. The minimum atomic E-state index is 0.0175. The van der Waals surface area contributed by atoms with E-state index >= 15 is 0 Å². The van der Waals surface area contributed by atoms with Gasteiger partial charge in [0, 0.05) is 11.6 Å². The Morgan fingerprint density at radius 2 is 1.49 bits per heavy atom. The number of rotatable bonds is 4.